The Labute approximate surface area is 312 Å². The Kier molecular flexibility index (Phi) is 9.76. The molecule has 2 aliphatic carbocycles. The number of benzene rings is 2. The Bertz CT molecular complexity index is 2010. The van der Waals surface area contributed by atoms with Gasteiger partial charge in [0.05, 0.1) is 29.7 Å². The van der Waals surface area contributed by atoms with Crippen molar-refractivity contribution >= 4 is 39.0 Å². The Balaban J connectivity index is 1.18. The number of anilines is 1. The number of ether oxygens (including phenoxy) is 2. The Hall–Kier alpha value is -3.60. The van der Waals surface area contributed by atoms with E-state index in [0.29, 0.717) is 36.0 Å². The third-order valence-corrected chi connectivity index (χ3v) is 14.3. The van der Waals surface area contributed by atoms with Crippen LogP contribution in [0.1, 0.15) is 89.4 Å². The number of carbonyl (C=O) groups is 2. The molecule has 5 aliphatic rings. The zero-order chi connectivity index (χ0) is 36.0. The molecule has 11 heteroatoms. The van der Waals surface area contributed by atoms with E-state index in [1.165, 1.54) is 11.1 Å². The van der Waals surface area contributed by atoms with E-state index in [-0.39, 0.29) is 23.2 Å². The minimum absolute atomic E-state index is 0.0399. The summed E-state index contributed by atoms with van der Waals surface area (Å²) in [6.45, 7) is 4.87. The number of methoxy groups -OCH3 is 1. The molecule has 1 saturated carbocycles. The van der Waals surface area contributed by atoms with Gasteiger partial charge in [-0.05, 0) is 123 Å². The van der Waals surface area contributed by atoms with Gasteiger partial charge in [-0.3, -0.25) is 14.3 Å². The van der Waals surface area contributed by atoms with Crippen molar-refractivity contribution in [3.63, 3.8) is 0 Å². The van der Waals surface area contributed by atoms with Gasteiger partial charge in [-0.2, -0.15) is 0 Å². The van der Waals surface area contributed by atoms with Gasteiger partial charge in [0.2, 0.25) is 0 Å². The van der Waals surface area contributed by atoms with Crippen molar-refractivity contribution in [3.05, 3.63) is 93.8 Å². The van der Waals surface area contributed by atoms with Gasteiger partial charge in [-0.1, -0.05) is 36.7 Å². The summed E-state index contributed by atoms with van der Waals surface area (Å²) in [4.78, 5) is 30.1. The van der Waals surface area contributed by atoms with E-state index in [9.17, 15) is 13.8 Å². The molecule has 4 heterocycles. The molecule has 1 aromatic heterocycles. The molecule has 6 atom stereocenters. The van der Waals surface area contributed by atoms with Crippen LogP contribution in [0.2, 0.25) is 5.02 Å². The number of carbonyl (C=O) groups excluding carboxylic acids is 2. The number of aromatic nitrogens is 1. The fourth-order valence-electron chi connectivity index (χ4n) is 9.26. The largest absolute Gasteiger partial charge is 0.490 e. The molecule has 8 rings (SSSR count). The monoisotopic (exact) mass is 744 g/mol. The van der Waals surface area contributed by atoms with Gasteiger partial charge in [0.1, 0.15) is 15.7 Å². The SMILES string of the molecule is CO[C@H]1/C=C/C[C@H](C)CS(=O)(NC(=O)c2cc3n(c2)CCCC3)=NC(=O)c2ccc3c(c2)N(C[C@@H]2CC[C@H]21)C[C@@]1(CCCc2cc(Cl)ccc21)CO3. The number of nitrogens with zero attached hydrogens (tertiary/aromatic N) is 3. The minimum atomic E-state index is -3.50. The van der Waals surface area contributed by atoms with Gasteiger partial charge in [-0.25, -0.2) is 4.21 Å². The molecule has 1 fully saturated rings. The van der Waals surface area contributed by atoms with Crippen LogP contribution in [-0.4, -0.2) is 59.3 Å². The first-order valence-electron chi connectivity index (χ1n) is 18.9. The summed E-state index contributed by atoms with van der Waals surface area (Å²) in [6.07, 6.45) is 14.9. The lowest BCUT2D eigenvalue weighted by molar-refractivity contribution is 0.0131. The summed E-state index contributed by atoms with van der Waals surface area (Å²) in [5.41, 5.74) is 5.00. The van der Waals surface area contributed by atoms with Crippen LogP contribution in [0.5, 0.6) is 5.75 Å². The number of halogens is 1. The van der Waals surface area contributed by atoms with Crippen LogP contribution < -0.4 is 14.4 Å². The molecule has 276 valence electrons. The molecular formula is C41H49ClN4O5S. The van der Waals surface area contributed by atoms with E-state index in [0.717, 1.165) is 93.2 Å². The molecule has 9 nitrogen and oxygen atoms in total. The summed E-state index contributed by atoms with van der Waals surface area (Å²) in [5, 5.41) is 0.747. The van der Waals surface area contributed by atoms with E-state index < -0.39 is 21.7 Å². The standard InChI is InChI=1S/C41H49ClN4O5S/c1-27-7-5-10-37(50-2)34-14-11-30(34)22-46-25-41(17-6-8-28-19-32(42)13-15-35(28)41)26-51-38-16-12-29(21-36(38)46)39(47)43-52(49,24-27)44-40(48)31-20-33-9-3-4-18-45(33)23-31/h5,10,12-13,15-16,19-21,23,27,30,34,37H,3-4,6-9,11,14,17-18,22,24-26H2,1-2H3,(H,43,44,47,48,49)/b10-5+/t27-,30-,34+,37-,41-,52?/m0/s1. The lowest BCUT2D eigenvalue weighted by Crippen LogP contribution is -2.49. The zero-order valence-corrected chi connectivity index (χ0v) is 31.7. The fourth-order valence-corrected chi connectivity index (χ4v) is 11.3. The normalized spacial score (nSPS) is 30.8. The highest BCUT2D eigenvalue weighted by molar-refractivity contribution is 7.92. The fraction of sp³-hybridized carbons (Fsp3) is 0.512. The van der Waals surface area contributed by atoms with E-state index in [4.69, 9.17) is 21.1 Å². The maximum Gasteiger partial charge on any atom is 0.286 e. The molecular weight excluding hydrogens is 696 g/mol. The van der Waals surface area contributed by atoms with Gasteiger partial charge in [-0.15, -0.1) is 4.36 Å². The number of amides is 2. The van der Waals surface area contributed by atoms with Crippen molar-refractivity contribution < 1.29 is 23.3 Å². The summed E-state index contributed by atoms with van der Waals surface area (Å²) in [7, 11) is -1.72. The van der Waals surface area contributed by atoms with Crippen molar-refractivity contribution in [2.45, 2.75) is 82.8 Å². The molecule has 3 aromatic rings. The van der Waals surface area contributed by atoms with Gasteiger partial charge >= 0.3 is 0 Å². The second-order valence-electron chi connectivity index (χ2n) is 15.8. The lowest BCUT2D eigenvalue weighted by Gasteiger charge is -2.46. The second-order valence-corrected chi connectivity index (χ2v) is 18.2. The maximum atomic E-state index is 14.7. The first-order chi connectivity index (χ1) is 25.1. The molecule has 52 heavy (non-hydrogen) atoms. The van der Waals surface area contributed by atoms with Crippen molar-refractivity contribution in [2.75, 3.05) is 37.5 Å². The lowest BCUT2D eigenvalue weighted by atomic mass is 9.68. The number of hydrogen-bond donors (Lipinski definition) is 1. The molecule has 2 aromatic carbocycles. The Morgan fingerprint density at radius 3 is 2.81 bits per heavy atom. The number of hydrogen-bond acceptors (Lipinski definition) is 6. The topological polar surface area (TPSA) is 102 Å². The van der Waals surface area contributed by atoms with Crippen LogP contribution in [0.3, 0.4) is 0 Å². The quantitative estimate of drug-likeness (QED) is 0.278. The first kappa shape index (κ1) is 35.4. The third kappa shape index (κ3) is 6.94. The van der Waals surface area contributed by atoms with Crippen LogP contribution >= 0.6 is 11.6 Å². The van der Waals surface area contributed by atoms with Crippen LogP contribution in [0.15, 0.2) is 65.2 Å². The van der Waals surface area contributed by atoms with Crippen molar-refractivity contribution in [1.29, 1.82) is 0 Å². The summed E-state index contributed by atoms with van der Waals surface area (Å²) >= 11 is 6.47. The summed E-state index contributed by atoms with van der Waals surface area (Å²) in [6, 6.07) is 13.5. The number of fused-ring (bicyclic) bond motifs is 5. The molecule has 2 bridgehead atoms. The summed E-state index contributed by atoms with van der Waals surface area (Å²) < 4.78 is 36.6. The highest BCUT2D eigenvalue weighted by Gasteiger charge is 2.44. The summed E-state index contributed by atoms with van der Waals surface area (Å²) in [5.74, 6) is 0.295. The molecule has 1 spiro atoms. The highest BCUT2D eigenvalue weighted by Crippen LogP contribution is 2.47. The molecule has 1 unspecified atom stereocenters. The van der Waals surface area contributed by atoms with E-state index in [1.54, 1.807) is 13.2 Å². The van der Waals surface area contributed by atoms with Gasteiger partial charge in [0.15, 0.2) is 0 Å². The Morgan fingerprint density at radius 1 is 1.12 bits per heavy atom. The number of allylic oxidation sites excluding steroid dienone is 1. The molecule has 3 aliphatic heterocycles. The highest BCUT2D eigenvalue weighted by atomic mass is 35.5. The zero-order valence-electron chi connectivity index (χ0n) is 30.2. The van der Waals surface area contributed by atoms with Crippen LogP contribution in [0, 0.1) is 17.8 Å². The minimum Gasteiger partial charge on any atom is -0.490 e. The smallest absolute Gasteiger partial charge is 0.286 e. The predicted octanol–water partition coefficient (Wildman–Crippen LogP) is 7.54. The second kappa shape index (κ2) is 14.3. The average Bonchev–Trinajstić information content (AvgIpc) is 3.49. The third-order valence-electron chi connectivity index (χ3n) is 12.1. The van der Waals surface area contributed by atoms with Gasteiger partial charge < -0.3 is 18.9 Å². The van der Waals surface area contributed by atoms with Crippen LogP contribution in [0.25, 0.3) is 0 Å². The van der Waals surface area contributed by atoms with Crippen LogP contribution in [-0.2, 0) is 39.5 Å². The van der Waals surface area contributed by atoms with Crippen molar-refractivity contribution in [3.8, 4) is 5.75 Å². The van der Waals surface area contributed by atoms with Crippen molar-refractivity contribution in [1.82, 2.24) is 9.29 Å². The predicted molar refractivity (Wildman–Crippen MR) is 205 cm³/mol. The van der Waals surface area contributed by atoms with E-state index in [2.05, 4.69) is 42.8 Å². The molecule has 0 saturated heterocycles. The van der Waals surface area contributed by atoms with Crippen molar-refractivity contribution in [2.24, 2.45) is 22.1 Å². The first-order valence-corrected chi connectivity index (χ1v) is 21.0. The van der Waals surface area contributed by atoms with Gasteiger partial charge in [0, 0.05) is 54.6 Å². The van der Waals surface area contributed by atoms with Crippen LogP contribution in [0.4, 0.5) is 5.69 Å². The maximum absolute atomic E-state index is 14.7. The number of nitrogens with one attached hydrogen (secondary N) is 1. The number of rotatable bonds is 3. The average molecular weight is 745 g/mol. The molecule has 2 amide bonds. The van der Waals surface area contributed by atoms with Gasteiger partial charge in [0.25, 0.3) is 11.8 Å². The van der Waals surface area contributed by atoms with E-state index in [1.807, 2.05) is 37.4 Å². The Morgan fingerprint density at radius 2 is 2.00 bits per heavy atom. The number of aryl methyl sites for hydroxylation is 3. The molecule has 0 radical (unpaired) electrons. The van der Waals surface area contributed by atoms with E-state index >= 15 is 0 Å². The molecule has 1 N–H and O–H groups in total.